The highest BCUT2D eigenvalue weighted by atomic mass is 15.1. The van der Waals surface area contributed by atoms with E-state index in [2.05, 4.69) is 62.3 Å². The van der Waals surface area contributed by atoms with Crippen LogP contribution in [0.5, 0.6) is 0 Å². The quantitative estimate of drug-likeness (QED) is 0.811. The van der Waals surface area contributed by atoms with Gasteiger partial charge in [0.05, 0.1) is 0 Å². The Bertz CT molecular complexity index is 429. The Morgan fingerprint density at radius 2 is 1.95 bits per heavy atom. The third-order valence-corrected chi connectivity index (χ3v) is 5.05. The van der Waals surface area contributed by atoms with Gasteiger partial charge in [-0.15, -0.1) is 0 Å². The Balaban J connectivity index is 2.18. The third-order valence-electron chi connectivity index (χ3n) is 5.05. The molecule has 3 unspecified atom stereocenters. The molecule has 0 heterocycles. The fourth-order valence-corrected chi connectivity index (χ4v) is 3.70. The highest BCUT2D eigenvalue weighted by Gasteiger charge is 2.26. The second-order valence-electron chi connectivity index (χ2n) is 6.67. The van der Waals surface area contributed by atoms with Gasteiger partial charge in [-0.2, -0.15) is 0 Å². The molecule has 0 aromatic heterocycles. The third kappa shape index (κ3) is 4.00. The van der Waals surface area contributed by atoms with Crippen molar-refractivity contribution in [2.75, 3.05) is 18.5 Å². The molecule has 0 radical (unpaired) electrons. The molecule has 1 saturated carbocycles. The first kappa shape index (κ1) is 16.4. The molecule has 1 aromatic rings. The zero-order valence-corrected chi connectivity index (χ0v) is 14.2. The van der Waals surface area contributed by atoms with E-state index in [1.54, 1.807) is 0 Å². The molecule has 0 spiro atoms. The molecule has 118 valence electrons. The van der Waals surface area contributed by atoms with E-state index in [1.807, 2.05) is 0 Å². The van der Waals surface area contributed by atoms with Crippen LogP contribution >= 0.6 is 0 Å². The fourth-order valence-electron chi connectivity index (χ4n) is 3.70. The first-order valence-electron chi connectivity index (χ1n) is 8.70. The number of nitrogens with one attached hydrogen (secondary N) is 1. The van der Waals surface area contributed by atoms with E-state index in [-0.39, 0.29) is 0 Å². The van der Waals surface area contributed by atoms with Gasteiger partial charge < -0.3 is 10.2 Å². The van der Waals surface area contributed by atoms with Crippen LogP contribution in [-0.2, 0) is 0 Å². The molecule has 2 heteroatoms. The minimum atomic E-state index is 0.419. The lowest BCUT2D eigenvalue weighted by Gasteiger charge is -2.39. The van der Waals surface area contributed by atoms with Gasteiger partial charge in [-0.25, -0.2) is 0 Å². The Kier molecular flexibility index (Phi) is 6.10. The summed E-state index contributed by atoms with van der Waals surface area (Å²) < 4.78 is 0. The van der Waals surface area contributed by atoms with E-state index in [0.717, 1.165) is 12.5 Å². The standard InChI is InChI=1S/C19H32N2/c1-5-14-20-16(3)17-11-7-9-13-19(17)21(4)18-12-8-6-10-15(18)2/h7,9,11,13,15-16,18,20H,5-6,8,10,12,14H2,1-4H3. The van der Waals surface area contributed by atoms with Crippen molar-refractivity contribution >= 4 is 5.69 Å². The second kappa shape index (κ2) is 7.84. The maximum Gasteiger partial charge on any atom is 0.0414 e. The van der Waals surface area contributed by atoms with Gasteiger partial charge in [0.1, 0.15) is 0 Å². The summed E-state index contributed by atoms with van der Waals surface area (Å²) in [5.41, 5.74) is 2.85. The summed E-state index contributed by atoms with van der Waals surface area (Å²) in [6.07, 6.45) is 6.68. The maximum atomic E-state index is 3.63. The van der Waals surface area contributed by atoms with Crippen LogP contribution in [0, 0.1) is 5.92 Å². The van der Waals surface area contributed by atoms with Crippen molar-refractivity contribution in [1.29, 1.82) is 0 Å². The molecule has 1 aromatic carbocycles. The molecule has 1 fully saturated rings. The smallest absolute Gasteiger partial charge is 0.0414 e. The van der Waals surface area contributed by atoms with Crippen LogP contribution in [0.25, 0.3) is 0 Å². The zero-order chi connectivity index (χ0) is 15.2. The van der Waals surface area contributed by atoms with Gasteiger partial charge in [0.25, 0.3) is 0 Å². The summed E-state index contributed by atoms with van der Waals surface area (Å²) in [4.78, 5) is 2.54. The average Bonchev–Trinajstić information content (AvgIpc) is 2.52. The van der Waals surface area contributed by atoms with E-state index in [4.69, 9.17) is 0 Å². The summed E-state index contributed by atoms with van der Waals surface area (Å²) in [6, 6.07) is 10.0. The monoisotopic (exact) mass is 288 g/mol. The fraction of sp³-hybridized carbons (Fsp3) is 0.684. The van der Waals surface area contributed by atoms with Crippen molar-refractivity contribution in [2.24, 2.45) is 5.92 Å². The summed E-state index contributed by atoms with van der Waals surface area (Å²) in [7, 11) is 2.29. The zero-order valence-electron chi connectivity index (χ0n) is 14.2. The van der Waals surface area contributed by atoms with Crippen molar-refractivity contribution in [3.8, 4) is 0 Å². The van der Waals surface area contributed by atoms with Gasteiger partial charge in [0.15, 0.2) is 0 Å². The van der Waals surface area contributed by atoms with Gasteiger partial charge in [-0.05, 0) is 50.3 Å². The summed E-state index contributed by atoms with van der Waals surface area (Å²) in [6.45, 7) is 8.01. The Labute approximate surface area is 130 Å². The molecular formula is C19H32N2. The molecule has 3 atom stereocenters. The van der Waals surface area contributed by atoms with Gasteiger partial charge in [-0.3, -0.25) is 0 Å². The first-order chi connectivity index (χ1) is 10.1. The van der Waals surface area contributed by atoms with Crippen LogP contribution in [0.2, 0.25) is 0 Å². The van der Waals surface area contributed by atoms with Crippen LogP contribution in [0.15, 0.2) is 24.3 Å². The van der Waals surface area contributed by atoms with Crippen molar-refractivity contribution in [3.63, 3.8) is 0 Å². The van der Waals surface area contributed by atoms with Crippen LogP contribution < -0.4 is 10.2 Å². The Hall–Kier alpha value is -1.02. The SMILES string of the molecule is CCCNC(C)c1ccccc1N(C)C1CCCCC1C. The molecule has 1 aliphatic rings. The predicted molar refractivity (Wildman–Crippen MR) is 93.0 cm³/mol. The summed E-state index contributed by atoms with van der Waals surface area (Å²) in [5, 5.41) is 3.63. The summed E-state index contributed by atoms with van der Waals surface area (Å²) >= 11 is 0. The highest BCUT2D eigenvalue weighted by Crippen LogP contribution is 2.33. The molecule has 1 aliphatic carbocycles. The van der Waals surface area contributed by atoms with E-state index in [0.29, 0.717) is 12.1 Å². The number of hydrogen-bond donors (Lipinski definition) is 1. The van der Waals surface area contributed by atoms with Gasteiger partial charge in [-0.1, -0.05) is 44.9 Å². The average molecular weight is 288 g/mol. The topological polar surface area (TPSA) is 15.3 Å². The van der Waals surface area contributed by atoms with Gasteiger partial charge in [0, 0.05) is 24.8 Å². The molecule has 0 aliphatic heterocycles. The van der Waals surface area contributed by atoms with Crippen LogP contribution in [-0.4, -0.2) is 19.6 Å². The van der Waals surface area contributed by atoms with E-state index < -0.39 is 0 Å². The molecule has 0 saturated heterocycles. The van der Waals surface area contributed by atoms with E-state index in [1.165, 1.54) is 43.4 Å². The van der Waals surface area contributed by atoms with Gasteiger partial charge in [0.2, 0.25) is 0 Å². The molecule has 0 amide bonds. The molecule has 2 rings (SSSR count). The molecule has 1 N–H and O–H groups in total. The summed E-state index contributed by atoms with van der Waals surface area (Å²) in [5.74, 6) is 0.802. The van der Waals surface area contributed by atoms with Crippen LogP contribution in [0.3, 0.4) is 0 Å². The van der Waals surface area contributed by atoms with Crippen molar-refractivity contribution in [1.82, 2.24) is 5.32 Å². The second-order valence-corrected chi connectivity index (χ2v) is 6.67. The Morgan fingerprint density at radius 1 is 1.24 bits per heavy atom. The maximum absolute atomic E-state index is 3.63. The lowest BCUT2D eigenvalue weighted by atomic mass is 9.84. The predicted octanol–water partition coefficient (Wildman–Crippen LogP) is 4.76. The highest BCUT2D eigenvalue weighted by molar-refractivity contribution is 5.55. The molecule has 2 nitrogen and oxygen atoms in total. The van der Waals surface area contributed by atoms with Crippen LogP contribution in [0.1, 0.15) is 64.5 Å². The van der Waals surface area contributed by atoms with E-state index >= 15 is 0 Å². The molecular weight excluding hydrogens is 256 g/mol. The number of anilines is 1. The van der Waals surface area contributed by atoms with Crippen LogP contribution in [0.4, 0.5) is 5.69 Å². The minimum Gasteiger partial charge on any atom is -0.371 e. The first-order valence-corrected chi connectivity index (χ1v) is 8.70. The lowest BCUT2D eigenvalue weighted by Crippen LogP contribution is -2.39. The molecule has 0 bridgehead atoms. The number of para-hydroxylation sites is 1. The minimum absolute atomic E-state index is 0.419. The number of nitrogens with zero attached hydrogens (tertiary/aromatic N) is 1. The molecule has 21 heavy (non-hydrogen) atoms. The van der Waals surface area contributed by atoms with Crippen molar-refractivity contribution in [2.45, 2.75) is 65.0 Å². The van der Waals surface area contributed by atoms with E-state index in [9.17, 15) is 0 Å². The number of hydrogen-bond acceptors (Lipinski definition) is 2. The van der Waals surface area contributed by atoms with Crippen molar-refractivity contribution in [3.05, 3.63) is 29.8 Å². The lowest BCUT2D eigenvalue weighted by molar-refractivity contribution is 0.321. The largest absolute Gasteiger partial charge is 0.371 e. The number of rotatable bonds is 6. The normalized spacial score (nSPS) is 23.8. The van der Waals surface area contributed by atoms with Gasteiger partial charge >= 0.3 is 0 Å². The number of benzene rings is 1. The Morgan fingerprint density at radius 3 is 2.67 bits per heavy atom. The van der Waals surface area contributed by atoms with Crippen molar-refractivity contribution < 1.29 is 0 Å².